The second kappa shape index (κ2) is 5.69. The van der Waals surface area contributed by atoms with Gasteiger partial charge < -0.3 is 0 Å². The molecule has 0 heterocycles. The molecule has 19 heavy (non-hydrogen) atoms. The van der Waals surface area contributed by atoms with Crippen molar-refractivity contribution < 1.29 is 0 Å². The van der Waals surface area contributed by atoms with Crippen LogP contribution in [0.3, 0.4) is 0 Å². The van der Waals surface area contributed by atoms with Gasteiger partial charge in [0.1, 0.15) is 0 Å². The first-order chi connectivity index (χ1) is 8.95. The average molecular weight is 258 g/mol. The Balaban J connectivity index is 2.03. The molecular formula is C19H30. The zero-order valence-corrected chi connectivity index (χ0v) is 13.3. The van der Waals surface area contributed by atoms with E-state index in [1.54, 1.807) is 0 Å². The number of hydrogen-bond donors (Lipinski definition) is 0. The highest BCUT2D eigenvalue weighted by Gasteiger charge is 2.40. The molecule has 0 spiro atoms. The second-order valence-corrected chi connectivity index (χ2v) is 7.43. The predicted molar refractivity (Wildman–Crippen MR) is 84.5 cm³/mol. The Bertz CT molecular complexity index is 408. The largest absolute Gasteiger partial charge is 0.0620 e. The first-order valence-corrected chi connectivity index (χ1v) is 7.99. The van der Waals surface area contributed by atoms with Gasteiger partial charge in [-0.05, 0) is 54.6 Å². The normalized spacial score (nSPS) is 19.4. The van der Waals surface area contributed by atoms with E-state index in [2.05, 4.69) is 52.0 Å². The number of benzene rings is 1. The highest BCUT2D eigenvalue weighted by Crippen LogP contribution is 2.51. The van der Waals surface area contributed by atoms with Crippen LogP contribution >= 0.6 is 0 Å². The maximum absolute atomic E-state index is 2.53. The molecule has 1 aliphatic rings. The van der Waals surface area contributed by atoms with Gasteiger partial charge in [-0.25, -0.2) is 0 Å². The lowest BCUT2D eigenvalue weighted by Gasteiger charge is -2.47. The van der Waals surface area contributed by atoms with Crippen molar-refractivity contribution in [1.82, 2.24) is 0 Å². The van der Waals surface area contributed by atoms with Gasteiger partial charge in [0.2, 0.25) is 0 Å². The van der Waals surface area contributed by atoms with Crippen LogP contribution in [0.15, 0.2) is 24.3 Å². The third-order valence-corrected chi connectivity index (χ3v) is 5.87. The first-order valence-electron chi connectivity index (χ1n) is 7.99. The van der Waals surface area contributed by atoms with Crippen molar-refractivity contribution >= 4 is 0 Å². The van der Waals surface area contributed by atoms with Crippen molar-refractivity contribution in [2.75, 3.05) is 0 Å². The van der Waals surface area contributed by atoms with E-state index in [4.69, 9.17) is 0 Å². The van der Waals surface area contributed by atoms with Crippen molar-refractivity contribution in [1.29, 1.82) is 0 Å². The lowest BCUT2D eigenvalue weighted by atomic mass is 9.58. The molecule has 0 unspecified atom stereocenters. The smallest absolute Gasteiger partial charge is 0.0271 e. The van der Waals surface area contributed by atoms with Gasteiger partial charge >= 0.3 is 0 Å². The zero-order chi connectivity index (χ0) is 13.9. The van der Waals surface area contributed by atoms with Gasteiger partial charge in [-0.3, -0.25) is 0 Å². The Kier molecular flexibility index (Phi) is 4.38. The first kappa shape index (κ1) is 14.6. The summed E-state index contributed by atoms with van der Waals surface area (Å²) in [5, 5.41) is 0. The minimum Gasteiger partial charge on any atom is -0.0620 e. The molecule has 0 N–H and O–H groups in total. The summed E-state index contributed by atoms with van der Waals surface area (Å²) in [4.78, 5) is 0. The fourth-order valence-electron chi connectivity index (χ4n) is 3.65. The van der Waals surface area contributed by atoms with Crippen LogP contribution in [0.2, 0.25) is 0 Å². The molecule has 0 atom stereocenters. The number of aryl methyl sites for hydroxylation is 2. The van der Waals surface area contributed by atoms with Gasteiger partial charge in [-0.2, -0.15) is 0 Å². The van der Waals surface area contributed by atoms with Crippen LogP contribution in [0, 0.1) is 17.8 Å². The molecule has 0 heteroatoms. The van der Waals surface area contributed by atoms with Gasteiger partial charge in [0.15, 0.2) is 0 Å². The fraction of sp³-hybridized carbons (Fsp3) is 0.684. The summed E-state index contributed by atoms with van der Waals surface area (Å²) in [6.07, 6.45) is 9.71. The van der Waals surface area contributed by atoms with E-state index in [1.165, 1.54) is 56.1 Å². The maximum atomic E-state index is 2.53. The van der Waals surface area contributed by atoms with E-state index in [1.807, 2.05) is 0 Å². The third-order valence-electron chi connectivity index (χ3n) is 5.87. The quantitative estimate of drug-likeness (QED) is 0.628. The lowest BCUT2D eigenvalue weighted by molar-refractivity contribution is 0.0365. The molecule has 1 aromatic carbocycles. The zero-order valence-electron chi connectivity index (χ0n) is 13.3. The standard InChI is InChI=1S/C19H30/c1-16-10-6-7-11-17(16)12-15-18(2,3)19(4)13-8-5-9-14-19/h6-7,10-11H,5,8-9,12-15H2,1-4H3. The number of hydrogen-bond acceptors (Lipinski definition) is 0. The summed E-state index contributed by atoms with van der Waals surface area (Å²) in [6, 6.07) is 8.86. The lowest BCUT2D eigenvalue weighted by Crippen LogP contribution is -2.37. The van der Waals surface area contributed by atoms with Crippen LogP contribution in [0.5, 0.6) is 0 Å². The van der Waals surface area contributed by atoms with Crippen LogP contribution in [0.4, 0.5) is 0 Å². The van der Waals surface area contributed by atoms with E-state index < -0.39 is 0 Å². The molecule has 1 aliphatic carbocycles. The second-order valence-electron chi connectivity index (χ2n) is 7.43. The van der Waals surface area contributed by atoms with E-state index >= 15 is 0 Å². The molecule has 2 rings (SSSR count). The Morgan fingerprint density at radius 3 is 2.32 bits per heavy atom. The monoisotopic (exact) mass is 258 g/mol. The minimum atomic E-state index is 0.454. The maximum Gasteiger partial charge on any atom is -0.0271 e. The van der Waals surface area contributed by atoms with Crippen molar-refractivity contribution in [3.8, 4) is 0 Å². The minimum absolute atomic E-state index is 0.454. The summed E-state index contributed by atoms with van der Waals surface area (Å²) in [7, 11) is 0. The van der Waals surface area contributed by atoms with Crippen molar-refractivity contribution in [3.63, 3.8) is 0 Å². The van der Waals surface area contributed by atoms with Crippen molar-refractivity contribution in [3.05, 3.63) is 35.4 Å². The molecular weight excluding hydrogens is 228 g/mol. The Labute approximate surface area is 119 Å². The van der Waals surface area contributed by atoms with Gasteiger partial charge in [-0.15, -0.1) is 0 Å². The Morgan fingerprint density at radius 1 is 1.05 bits per heavy atom. The molecule has 1 saturated carbocycles. The Morgan fingerprint density at radius 2 is 1.68 bits per heavy atom. The molecule has 0 aromatic heterocycles. The van der Waals surface area contributed by atoms with Crippen LogP contribution in [-0.2, 0) is 6.42 Å². The van der Waals surface area contributed by atoms with Crippen molar-refractivity contribution in [2.45, 2.75) is 72.6 Å². The van der Waals surface area contributed by atoms with E-state index in [0.717, 1.165) is 0 Å². The van der Waals surface area contributed by atoms with Gasteiger partial charge in [0.25, 0.3) is 0 Å². The molecule has 1 fully saturated rings. The van der Waals surface area contributed by atoms with Crippen LogP contribution in [-0.4, -0.2) is 0 Å². The molecule has 1 aromatic rings. The summed E-state index contributed by atoms with van der Waals surface area (Å²) >= 11 is 0. The predicted octanol–water partition coefficient (Wildman–Crippen LogP) is 5.92. The van der Waals surface area contributed by atoms with E-state index in [9.17, 15) is 0 Å². The summed E-state index contributed by atoms with van der Waals surface area (Å²) in [5.41, 5.74) is 3.99. The average Bonchev–Trinajstić information content (AvgIpc) is 2.38. The Hall–Kier alpha value is -0.780. The SMILES string of the molecule is Cc1ccccc1CCC(C)(C)C1(C)CCCCC1. The molecule has 0 aliphatic heterocycles. The molecule has 0 bridgehead atoms. The summed E-state index contributed by atoms with van der Waals surface area (Å²) < 4.78 is 0. The fourth-order valence-corrected chi connectivity index (χ4v) is 3.65. The molecule has 0 nitrogen and oxygen atoms in total. The van der Waals surface area contributed by atoms with Gasteiger partial charge in [0, 0.05) is 0 Å². The molecule has 106 valence electrons. The van der Waals surface area contributed by atoms with E-state index in [0.29, 0.717) is 10.8 Å². The van der Waals surface area contributed by atoms with Crippen LogP contribution in [0.1, 0.15) is 70.4 Å². The molecule has 0 saturated heterocycles. The number of rotatable bonds is 4. The molecule has 0 radical (unpaired) electrons. The van der Waals surface area contributed by atoms with Crippen LogP contribution in [0.25, 0.3) is 0 Å². The highest BCUT2D eigenvalue weighted by atomic mass is 14.5. The summed E-state index contributed by atoms with van der Waals surface area (Å²) in [6.45, 7) is 9.77. The summed E-state index contributed by atoms with van der Waals surface area (Å²) in [5.74, 6) is 0. The van der Waals surface area contributed by atoms with E-state index in [-0.39, 0.29) is 0 Å². The topological polar surface area (TPSA) is 0 Å². The highest BCUT2D eigenvalue weighted by molar-refractivity contribution is 5.25. The molecule has 0 amide bonds. The van der Waals surface area contributed by atoms with Gasteiger partial charge in [0.05, 0.1) is 0 Å². The van der Waals surface area contributed by atoms with Crippen molar-refractivity contribution in [2.24, 2.45) is 10.8 Å². The van der Waals surface area contributed by atoms with Crippen LogP contribution < -0.4 is 0 Å². The van der Waals surface area contributed by atoms with Gasteiger partial charge in [-0.1, -0.05) is 64.3 Å². The third kappa shape index (κ3) is 3.22.